The first-order chi connectivity index (χ1) is 9.15. The maximum Gasteiger partial charge on any atom is 0.151 e. The lowest BCUT2D eigenvalue weighted by atomic mass is 10.1. The van der Waals surface area contributed by atoms with Crippen LogP contribution in [0.2, 0.25) is 4.34 Å². The summed E-state index contributed by atoms with van der Waals surface area (Å²) in [7, 11) is 4.02. The second kappa shape index (κ2) is 5.02. The van der Waals surface area contributed by atoms with Gasteiger partial charge in [-0.15, -0.1) is 11.3 Å². The number of nitrogens with one attached hydrogen (secondary N) is 1. The topological polar surface area (TPSA) is 28.2 Å². The van der Waals surface area contributed by atoms with Crippen molar-refractivity contribution in [3.05, 3.63) is 39.2 Å². The van der Waals surface area contributed by atoms with Gasteiger partial charge in [0, 0.05) is 25.2 Å². The Bertz CT molecular complexity index is 594. The summed E-state index contributed by atoms with van der Waals surface area (Å²) in [6, 6.07) is 6.49. The van der Waals surface area contributed by atoms with Crippen LogP contribution in [0.15, 0.2) is 24.4 Å². The standard InChI is InChI=1S/C14H16ClN3S/c1-18(2)14-11(4-3-7-16-14)17-10-5-6-12-9(10)8-13(15)19-12/h3-4,7-8,10,17H,5-6H2,1-2H3. The highest BCUT2D eigenvalue weighted by atomic mass is 35.5. The van der Waals surface area contributed by atoms with Crippen LogP contribution in [0.1, 0.15) is 22.9 Å². The highest BCUT2D eigenvalue weighted by Crippen LogP contribution is 2.41. The first kappa shape index (κ1) is 12.8. The molecule has 2 aromatic heterocycles. The number of aromatic nitrogens is 1. The van der Waals surface area contributed by atoms with Gasteiger partial charge in [-0.05, 0) is 36.6 Å². The third-order valence-corrected chi connectivity index (χ3v) is 4.73. The largest absolute Gasteiger partial charge is 0.375 e. The fourth-order valence-corrected chi connectivity index (χ4v) is 3.89. The molecule has 1 atom stereocenters. The van der Waals surface area contributed by atoms with Crippen LogP contribution in [0.25, 0.3) is 0 Å². The first-order valence-corrected chi connectivity index (χ1v) is 7.51. The first-order valence-electron chi connectivity index (χ1n) is 6.32. The fourth-order valence-electron chi connectivity index (χ4n) is 2.53. The van der Waals surface area contributed by atoms with E-state index >= 15 is 0 Å². The molecule has 1 N–H and O–H groups in total. The van der Waals surface area contributed by atoms with E-state index in [1.54, 1.807) is 11.3 Å². The van der Waals surface area contributed by atoms with E-state index in [1.165, 1.54) is 10.4 Å². The average molecular weight is 294 g/mol. The van der Waals surface area contributed by atoms with Crippen molar-refractivity contribution in [2.24, 2.45) is 0 Å². The molecule has 0 amide bonds. The Labute approximate surface area is 122 Å². The summed E-state index contributed by atoms with van der Waals surface area (Å²) < 4.78 is 0.885. The van der Waals surface area contributed by atoms with E-state index < -0.39 is 0 Å². The zero-order valence-corrected chi connectivity index (χ0v) is 12.6. The molecule has 2 aromatic rings. The Hall–Kier alpha value is -1.26. The molecule has 5 heteroatoms. The van der Waals surface area contributed by atoms with Crippen molar-refractivity contribution >= 4 is 34.4 Å². The summed E-state index contributed by atoms with van der Waals surface area (Å²) in [5, 5.41) is 3.60. The van der Waals surface area contributed by atoms with Crippen LogP contribution in [0.4, 0.5) is 11.5 Å². The van der Waals surface area contributed by atoms with Crippen LogP contribution in [0.5, 0.6) is 0 Å². The van der Waals surface area contributed by atoms with Crippen molar-refractivity contribution in [1.29, 1.82) is 0 Å². The second-order valence-corrected chi connectivity index (χ2v) is 6.70. The Balaban J connectivity index is 1.87. The summed E-state index contributed by atoms with van der Waals surface area (Å²) in [5.74, 6) is 0.970. The van der Waals surface area contributed by atoms with Gasteiger partial charge in [-0.3, -0.25) is 0 Å². The van der Waals surface area contributed by atoms with E-state index in [4.69, 9.17) is 11.6 Å². The number of nitrogens with zero attached hydrogens (tertiary/aromatic N) is 2. The zero-order chi connectivity index (χ0) is 13.4. The van der Waals surface area contributed by atoms with Crippen molar-refractivity contribution in [1.82, 2.24) is 4.98 Å². The van der Waals surface area contributed by atoms with Gasteiger partial charge in [0.25, 0.3) is 0 Å². The third kappa shape index (κ3) is 2.42. The molecule has 0 fully saturated rings. The van der Waals surface area contributed by atoms with Crippen LogP contribution in [0.3, 0.4) is 0 Å². The molecular weight excluding hydrogens is 278 g/mol. The van der Waals surface area contributed by atoms with Gasteiger partial charge in [0.05, 0.1) is 16.1 Å². The molecule has 0 bridgehead atoms. The lowest BCUT2D eigenvalue weighted by Gasteiger charge is -2.20. The predicted octanol–water partition coefficient (Wildman–Crippen LogP) is 3.96. The van der Waals surface area contributed by atoms with Gasteiger partial charge in [-0.2, -0.15) is 0 Å². The number of halogens is 1. The number of hydrogen-bond donors (Lipinski definition) is 1. The van der Waals surface area contributed by atoms with E-state index in [9.17, 15) is 0 Å². The highest BCUT2D eigenvalue weighted by Gasteiger charge is 2.25. The smallest absolute Gasteiger partial charge is 0.151 e. The molecule has 0 aromatic carbocycles. The van der Waals surface area contributed by atoms with Crippen LogP contribution in [-0.4, -0.2) is 19.1 Å². The van der Waals surface area contributed by atoms with Gasteiger partial charge in [-0.25, -0.2) is 4.98 Å². The monoisotopic (exact) mass is 293 g/mol. The minimum atomic E-state index is 0.349. The number of fused-ring (bicyclic) bond motifs is 1. The SMILES string of the molecule is CN(C)c1ncccc1NC1CCc2sc(Cl)cc21. The minimum Gasteiger partial charge on any atom is -0.375 e. The number of aryl methyl sites for hydroxylation is 1. The maximum atomic E-state index is 6.10. The van der Waals surface area contributed by atoms with Gasteiger partial charge in [0.2, 0.25) is 0 Å². The van der Waals surface area contributed by atoms with E-state index in [0.29, 0.717) is 6.04 Å². The Morgan fingerprint density at radius 2 is 2.32 bits per heavy atom. The number of hydrogen-bond acceptors (Lipinski definition) is 4. The lowest BCUT2D eigenvalue weighted by molar-refractivity contribution is 0.761. The summed E-state index contributed by atoms with van der Waals surface area (Å²) in [6.45, 7) is 0. The number of rotatable bonds is 3. The van der Waals surface area contributed by atoms with Gasteiger partial charge in [0.1, 0.15) is 0 Å². The Kier molecular flexibility index (Phi) is 3.37. The molecule has 0 spiro atoms. The molecule has 2 heterocycles. The van der Waals surface area contributed by atoms with Crippen LogP contribution < -0.4 is 10.2 Å². The average Bonchev–Trinajstić information content (AvgIpc) is 2.91. The van der Waals surface area contributed by atoms with E-state index in [2.05, 4.69) is 22.4 Å². The molecule has 1 unspecified atom stereocenters. The number of thiophene rings is 1. The minimum absolute atomic E-state index is 0.349. The second-order valence-electron chi connectivity index (χ2n) is 4.93. The van der Waals surface area contributed by atoms with Crippen LogP contribution >= 0.6 is 22.9 Å². The van der Waals surface area contributed by atoms with Crippen LogP contribution in [0, 0.1) is 0 Å². The quantitative estimate of drug-likeness (QED) is 0.928. The van der Waals surface area contributed by atoms with Gasteiger partial charge in [0.15, 0.2) is 5.82 Å². The summed E-state index contributed by atoms with van der Waals surface area (Å²) >= 11 is 7.80. The van der Waals surface area contributed by atoms with E-state index in [-0.39, 0.29) is 0 Å². The summed E-state index contributed by atoms with van der Waals surface area (Å²) in [4.78, 5) is 7.86. The van der Waals surface area contributed by atoms with Crippen molar-refractivity contribution in [3.63, 3.8) is 0 Å². The normalized spacial score (nSPS) is 17.3. The predicted molar refractivity (Wildman–Crippen MR) is 82.6 cm³/mol. The molecule has 0 radical (unpaired) electrons. The Morgan fingerprint density at radius 1 is 1.47 bits per heavy atom. The maximum absolute atomic E-state index is 6.10. The zero-order valence-electron chi connectivity index (χ0n) is 11.0. The molecule has 0 saturated heterocycles. The molecule has 0 aliphatic heterocycles. The van der Waals surface area contributed by atoms with Crippen molar-refractivity contribution < 1.29 is 0 Å². The summed E-state index contributed by atoms with van der Waals surface area (Å²) in [5.41, 5.74) is 2.43. The molecule has 100 valence electrons. The molecule has 3 rings (SSSR count). The Morgan fingerprint density at radius 3 is 3.11 bits per heavy atom. The van der Waals surface area contributed by atoms with Gasteiger partial charge in [-0.1, -0.05) is 11.6 Å². The third-order valence-electron chi connectivity index (χ3n) is 3.39. The van der Waals surface area contributed by atoms with Gasteiger partial charge < -0.3 is 10.2 Å². The van der Waals surface area contributed by atoms with E-state index in [0.717, 1.165) is 28.7 Å². The molecular formula is C14H16ClN3S. The molecule has 0 saturated carbocycles. The van der Waals surface area contributed by atoms with Gasteiger partial charge >= 0.3 is 0 Å². The lowest BCUT2D eigenvalue weighted by Crippen LogP contribution is -2.15. The molecule has 1 aliphatic carbocycles. The van der Waals surface area contributed by atoms with Crippen molar-refractivity contribution in [2.45, 2.75) is 18.9 Å². The van der Waals surface area contributed by atoms with Crippen molar-refractivity contribution in [2.75, 3.05) is 24.3 Å². The van der Waals surface area contributed by atoms with E-state index in [1.807, 2.05) is 31.3 Å². The van der Waals surface area contributed by atoms with Crippen molar-refractivity contribution in [3.8, 4) is 0 Å². The number of anilines is 2. The molecule has 1 aliphatic rings. The van der Waals surface area contributed by atoms with Crippen LogP contribution in [-0.2, 0) is 6.42 Å². The molecule has 19 heavy (non-hydrogen) atoms. The fraction of sp³-hybridized carbons (Fsp3) is 0.357. The number of pyridine rings is 1. The summed E-state index contributed by atoms with van der Waals surface area (Å²) in [6.07, 6.45) is 4.06. The molecule has 3 nitrogen and oxygen atoms in total. The highest BCUT2D eigenvalue weighted by molar-refractivity contribution is 7.16.